The van der Waals surface area contributed by atoms with Crippen molar-refractivity contribution in [2.24, 2.45) is 0 Å². The van der Waals surface area contributed by atoms with E-state index in [0.717, 1.165) is 89.9 Å². The van der Waals surface area contributed by atoms with Gasteiger partial charge in [0.05, 0.1) is 0 Å². The smallest absolute Gasteiger partial charge is 0.306 e. The highest BCUT2D eigenvalue weighted by Crippen LogP contribution is 2.17. The van der Waals surface area contributed by atoms with E-state index in [0.29, 0.717) is 19.3 Å². The van der Waals surface area contributed by atoms with Crippen LogP contribution in [0.3, 0.4) is 0 Å². The van der Waals surface area contributed by atoms with Crippen molar-refractivity contribution in [3.8, 4) is 0 Å². The Morgan fingerprint density at radius 2 is 0.527 bits per heavy atom. The highest BCUT2D eigenvalue weighted by atomic mass is 16.6. The van der Waals surface area contributed by atoms with E-state index in [9.17, 15) is 14.4 Å². The van der Waals surface area contributed by atoms with Crippen LogP contribution in [0.2, 0.25) is 0 Å². The minimum absolute atomic E-state index is 0.0727. The molecule has 0 spiro atoms. The van der Waals surface area contributed by atoms with E-state index in [1.807, 2.05) is 0 Å². The molecule has 0 bridgehead atoms. The molecule has 1 atom stereocenters. The van der Waals surface area contributed by atoms with E-state index in [4.69, 9.17) is 14.2 Å². The minimum Gasteiger partial charge on any atom is -0.462 e. The largest absolute Gasteiger partial charge is 0.462 e. The summed E-state index contributed by atoms with van der Waals surface area (Å²) in [6, 6.07) is 0. The van der Waals surface area contributed by atoms with Gasteiger partial charge >= 0.3 is 17.9 Å². The van der Waals surface area contributed by atoms with Crippen molar-refractivity contribution in [1.82, 2.24) is 0 Å². The van der Waals surface area contributed by atoms with Crippen molar-refractivity contribution in [1.29, 1.82) is 0 Å². The predicted molar refractivity (Wildman–Crippen MR) is 321 cm³/mol. The number of hydrogen-bond donors (Lipinski definition) is 0. The molecule has 6 nitrogen and oxygen atoms in total. The maximum absolute atomic E-state index is 12.9. The molecular formula is C68H122O6. The zero-order valence-corrected chi connectivity index (χ0v) is 49.4. The van der Waals surface area contributed by atoms with Crippen molar-refractivity contribution in [2.45, 2.75) is 341 Å². The van der Waals surface area contributed by atoms with E-state index in [1.165, 1.54) is 205 Å². The number of unbranched alkanes of at least 4 members (excludes halogenated alkanes) is 38. The van der Waals surface area contributed by atoms with Gasteiger partial charge < -0.3 is 14.2 Å². The molecule has 0 N–H and O–H groups in total. The summed E-state index contributed by atoms with van der Waals surface area (Å²) in [4.78, 5) is 38.3. The summed E-state index contributed by atoms with van der Waals surface area (Å²) >= 11 is 0. The third-order valence-corrected chi connectivity index (χ3v) is 14.3. The normalized spacial score (nSPS) is 12.4. The van der Waals surface area contributed by atoms with Crippen LogP contribution in [0.15, 0.2) is 60.8 Å². The minimum atomic E-state index is -0.775. The fraction of sp³-hybridized carbons (Fsp3) is 0.809. The Morgan fingerprint density at radius 1 is 0.284 bits per heavy atom. The van der Waals surface area contributed by atoms with E-state index in [-0.39, 0.29) is 31.1 Å². The monoisotopic (exact) mass is 1030 g/mol. The second-order valence-electron chi connectivity index (χ2n) is 21.6. The van der Waals surface area contributed by atoms with Gasteiger partial charge in [0.15, 0.2) is 6.10 Å². The number of ether oxygens (including phenoxy) is 3. The number of hydrogen-bond acceptors (Lipinski definition) is 6. The molecule has 0 fully saturated rings. The maximum Gasteiger partial charge on any atom is 0.306 e. The fourth-order valence-electron chi connectivity index (χ4n) is 9.43. The average Bonchev–Trinajstić information content (AvgIpc) is 3.40. The molecule has 0 aromatic heterocycles. The van der Waals surface area contributed by atoms with Gasteiger partial charge in [0.2, 0.25) is 0 Å². The first-order valence-corrected chi connectivity index (χ1v) is 32.3. The van der Waals surface area contributed by atoms with Crippen LogP contribution >= 0.6 is 0 Å². The van der Waals surface area contributed by atoms with E-state index >= 15 is 0 Å². The molecular weight excluding hydrogens is 913 g/mol. The molecule has 430 valence electrons. The predicted octanol–water partition coefficient (Wildman–Crippen LogP) is 21.9. The van der Waals surface area contributed by atoms with Crippen LogP contribution in [0.1, 0.15) is 335 Å². The Hall–Kier alpha value is -2.89. The SMILES string of the molecule is CC/C=C\C/C=C\C/C=C\C/C=C\CCCCCCCCCCCCCCCCC(=O)OCC(COC(=O)CCCCCCC/C=C\CCCCCCC)OC(=O)CCCCCCCCCCCCCCCCC. The second-order valence-corrected chi connectivity index (χ2v) is 21.6. The number of esters is 3. The zero-order chi connectivity index (χ0) is 53.6. The molecule has 0 radical (unpaired) electrons. The van der Waals surface area contributed by atoms with Crippen LogP contribution in [0.25, 0.3) is 0 Å². The Bertz CT molecular complexity index is 1330. The summed E-state index contributed by atoms with van der Waals surface area (Å²) in [5.41, 5.74) is 0. The molecule has 6 heteroatoms. The summed E-state index contributed by atoms with van der Waals surface area (Å²) in [5.74, 6) is -0.862. The van der Waals surface area contributed by atoms with Gasteiger partial charge in [-0.3, -0.25) is 14.4 Å². The maximum atomic E-state index is 12.9. The third kappa shape index (κ3) is 60.0. The molecule has 0 rings (SSSR count). The quantitative estimate of drug-likeness (QED) is 0.0261. The lowest BCUT2D eigenvalue weighted by Gasteiger charge is -2.18. The first-order chi connectivity index (χ1) is 36.5. The van der Waals surface area contributed by atoms with E-state index in [1.54, 1.807) is 0 Å². The summed E-state index contributed by atoms with van der Waals surface area (Å²) in [6.45, 7) is 6.56. The van der Waals surface area contributed by atoms with Crippen LogP contribution in [0, 0.1) is 0 Å². The Balaban J connectivity index is 4.23. The molecule has 0 aliphatic heterocycles. The molecule has 0 aliphatic rings. The second kappa shape index (κ2) is 62.6. The van der Waals surface area contributed by atoms with Gasteiger partial charge in [-0.1, -0.05) is 293 Å². The highest BCUT2D eigenvalue weighted by Gasteiger charge is 2.19. The average molecular weight is 1040 g/mol. The lowest BCUT2D eigenvalue weighted by atomic mass is 10.0. The van der Waals surface area contributed by atoms with E-state index < -0.39 is 6.10 Å². The summed E-state index contributed by atoms with van der Waals surface area (Å²) in [6.07, 6.45) is 79.4. The van der Waals surface area contributed by atoms with Crippen molar-refractivity contribution < 1.29 is 28.6 Å². The molecule has 74 heavy (non-hydrogen) atoms. The van der Waals surface area contributed by atoms with Crippen LogP contribution in [-0.2, 0) is 28.6 Å². The zero-order valence-electron chi connectivity index (χ0n) is 49.4. The molecule has 0 aliphatic carbocycles. The van der Waals surface area contributed by atoms with Gasteiger partial charge in [0.1, 0.15) is 13.2 Å². The van der Waals surface area contributed by atoms with Crippen molar-refractivity contribution >= 4 is 17.9 Å². The number of rotatable bonds is 59. The molecule has 0 saturated heterocycles. The Kier molecular flexibility index (Phi) is 60.2. The molecule has 0 aromatic rings. The summed E-state index contributed by atoms with van der Waals surface area (Å²) < 4.78 is 16.9. The van der Waals surface area contributed by atoms with Gasteiger partial charge in [0, 0.05) is 19.3 Å². The van der Waals surface area contributed by atoms with Crippen molar-refractivity contribution in [3.63, 3.8) is 0 Å². The molecule has 1 unspecified atom stereocenters. The molecule has 0 saturated carbocycles. The van der Waals surface area contributed by atoms with Gasteiger partial charge in [0.25, 0.3) is 0 Å². The number of carbonyl (C=O) groups excluding carboxylic acids is 3. The highest BCUT2D eigenvalue weighted by molar-refractivity contribution is 5.71. The summed E-state index contributed by atoms with van der Waals surface area (Å²) in [7, 11) is 0. The van der Waals surface area contributed by atoms with Crippen LogP contribution < -0.4 is 0 Å². The first-order valence-electron chi connectivity index (χ1n) is 32.3. The Labute approximate surface area is 460 Å². The standard InChI is InChI=1S/C68H122O6/c1-4-7-10-13-16-19-22-25-28-29-30-31-32-33-34-35-36-37-38-39-41-43-46-49-52-55-58-61-67(70)73-64-65(63-72-66(69)60-57-54-51-48-45-42-27-24-21-18-15-12-9-6-3)74-68(71)62-59-56-53-50-47-44-40-26-23-20-17-14-11-8-5-2/h7,10,16,19,24-25,27-28,30-31,65H,4-6,8-9,11-15,17-18,20-23,26,29,32-64H2,1-3H3/b10-7-,19-16-,27-24-,28-25-,31-30-. The van der Waals surface area contributed by atoms with Crippen LogP contribution in [-0.4, -0.2) is 37.2 Å². The van der Waals surface area contributed by atoms with Crippen molar-refractivity contribution in [3.05, 3.63) is 60.8 Å². The van der Waals surface area contributed by atoms with Gasteiger partial charge in [-0.15, -0.1) is 0 Å². The molecule has 0 amide bonds. The van der Waals surface area contributed by atoms with Gasteiger partial charge in [-0.25, -0.2) is 0 Å². The van der Waals surface area contributed by atoms with Gasteiger partial charge in [-0.05, 0) is 83.5 Å². The van der Waals surface area contributed by atoms with Crippen molar-refractivity contribution in [2.75, 3.05) is 13.2 Å². The number of allylic oxidation sites excluding steroid dienone is 10. The molecule has 0 aromatic carbocycles. The fourth-order valence-corrected chi connectivity index (χ4v) is 9.43. The lowest BCUT2D eigenvalue weighted by Crippen LogP contribution is -2.30. The van der Waals surface area contributed by atoms with Crippen LogP contribution in [0.4, 0.5) is 0 Å². The van der Waals surface area contributed by atoms with Crippen LogP contribution in [0.5, 0.6) is 0 Å². The first kappa shape index (κ1) is 71.1. The topological polar surface area (TPSA) is 78.9 Å². The lowest BCUT2D eigenvalue weighted by molar-refractivity contribution is -0.167. The van der Waals surface area contributed by atoms with E-state index in [2.05, 4.69) is 81.5 Å². The third-order valence-electron chi connectivity index (χ3n) is 14.3. The number of carbonyl (C=O) groups is 3. The summed E-state index contributed by atoms with van der Waals surface area (Å²) in [5, 5.41) is 0. The van der Waals surface area contributed by atoms with Gasteiger partial charge in [-0.2, -0.15) is 0 Å². The molecule has 0 heterocycles. The Morgan fingerprint density at radius 3 is 0.838 bits per heavy atom.